The molecule has 1 aromatic carbocycles. The first-order valence-electron chi connectivity index (χ1n) is 10.7. The molecular weight excluding hydrogens is 412 g/mol. The van der Waals surface area contributed by atoms with Crippen LogP contribution in [0.1, 0.15) is 30.3 Å². The Morgan fingerprint density at radius 3 is 2.61 bits per heavy atom. The molecule has 7 nitrogen and oxygen atoms in total. The van der Waals surface area contributed by atoms with E-state index in [0.717, 1.165) is 66.5 Å². The molecule has 3 atom stereocenters. The molecule has 0 spiro atoms. The monoisotopic (exact) mass is 440 g/mol. The Bertz CT molecular complexity index is 965. The molecule has 31 heavy (non-hydrogen) atoms. The van der Waals surface area contributed by atoms with Crippen molar-refractivity contribution in [2.24, 2.45) is 4.99 Å². The number of hydrogen-bond donors (Lipinski definition) is 0. The van der Waals surface area contributed by atoms with Gasteiger partial charge in [-0.2, -0.15) is 0 Å². The summed E-state index contributed by atoms with van der Waals surface area (Å²) in [5.74, 6) is 1.71. The maximum atomic E-state index is 5.93. The fourth-order valence-corrected chi connectivity index (χ4v) is 5.73. The van der Waals surface area contributed by atoms with Gasteiger partial charge in [-0.05, 0) is 18.2 Å². The predicted molar refractivity (Wildman–Crippen MR) is 123 cm³/mol. The summed E-state index contributed by atoms with van der Waals surface area (Å²) in [6.07, 6.45) is 1.84. The molecular formula is C23H28N4O3S. The van der Waals surface area contributed by atoms with E-state index in [-0.39, 0.29) is 12.1 Å². The summed E-state index contributed by atoms with van der Waals surface area (Å²) in [4.78, 5) is 14.4. The second kappa shape index (κ2) is 8.59. The number of aliphatic imine (C=N–C) groups is 1. The van der Waals surface area contributed by atoms with E-state index < -0.39 is 0 Å². The van der Waals surface area contributed by atoms with Crippen LogP contribution in [0.3, 0.4) is 0 Å². The van der Waals surface area contributed by atoms with Crippen molar-refractivity contribution < 1.29 is 14.2 Å². The minimum absolute atomic E-state index is 0.0185. The summed E-state index contributed by atoms with van der Waals surface area (Å²) >= 11 is 1.84. The molecule has 0 unspecified atom stereocenters. The standard InChI is InChI=1S/C23H28N4O3S/c1-15-14-27-22(21(25-23(27)31-15)17-6-4-5-7-24-17)16-12-20(29-3)18(13-19(16)28-2)26-8-10-30-11-9-26/h4-7,12-13,15,21-22H,8-11,14H2,1-3H3/t15-,21+,22+/m0/s1. The third-order valence-corrected chi connectivity index (χ3v) is 7.19. The molecule has 0 radical (unpaired) electrons. The van der Waals surface area contributed by atoms with Crippen LogP contribution in [0.4, 0.5) is 5.69 Å². The van der Waals surface area contributed by atoms with Gasteiger partial charge in [0, 0.05) is 42.7 Å². The molecule has 0 aliphatic carbocycles. The van der Waals surface area contributed by atoms with Gasteiger partial charge in [0.1, 0.15) is 17.5 Å². The van der Waals surface area contributed by atoms with Crippen LogP contribution in [0.2, 0.25) is 0 Å². The molecule has 2 saturated heterocycles. The quantitative estimate of drug-likeness (QED) is 0.705. The van der Waals surface area contributed by atoms with Crippen molar-refractivity contribution in [1.82, 2.24) is 9.88 Å². The van der Waals surface area contributed by atoms with E-state index in [4.69, 9.17) is 19.2 Å². The first kappa shape index (κ1) is 20.5. The van der Waals surface area contributed by atoms with Crippen LogP contribution >= 0.6 is 11.8 Å². The number of anilines is 1. The number of nitrogens with zero attached hydrogens (tertiary/aromatic N) is 4. The highest BCUT2D eigenvalue weighted by atomic mass is 32.2. The summed E-state index contributed by atoms with van der Waals surface area (Å²) in [5, 5.41) is 1.60. The number of thioether (sulfide) groups is 1. The van der Waals surface area contributed by atoms with Crippen LogP contribution in [-0.2, 0) is 4.74 Å². The topological polar surface area (TPSA) is 59.4 Å². The number of amidine groups is 1. The lowest BCUT2D eigenvalue weighted by molar-refractivity contribution is 0.122. The Labute approximate surface area is 187 Å². The van der Waals surface area contributed by atoms with E-state index in [9.17, 15) is 0 Å². The fraction of sp³-hybridized carbons (Fsp3) is 0.478. The Morgan fingerprint density at radius 1 is 1.10 bits per heavy atom. The molecule has 164 valence electrons. The molecule has 2 aromatic rings. The van der Waals surface area contributed by atoms with E-state index in [0.29, 0.717) is 5.25 Å². The Balaban J connectivity index is 1.59. The Kier molecular flexibility index (Phi) is 5.67. The molecule has 0 saturated carbocycles. The molecule has 8 heteroatoms. The molecule has 0 amide bonds. The number of rotatable bonds is 5. The molecule has 0 bridgehead atoms. The van der Waals surface area contributed by atoms with Crippen molar-refractivity contribution in [2.75, 3.05) is 52.0 Å². The van der Waals surface area contributed by atoms with Gasteiger partial charge in [-0.15, -0.1) is 0 Å². The molecule has 3 aliphatic rings. The first-order chi connectivity index (χ1) is 15.2. The van der Waals surface area contributed by atoms with Crippen LogP contribution < -0.4 is 14.4 Å². The zero-order valence-electron chi connectivity index (χ0n) is 18.2. The maximum absolute atomic E-state index is 5.93. The van der Waals surface area contributed by atoms with E-state index in [2.05, 4.69) is 39.9 Å². The number of ether oxygens (including phenoxy) is 3. The van der Waals surface area contributed by atoms with Crippen LogP contribution in [0.25, 0.3) is 0 Å². The smallest absolute Gasteiger partial charge is 0.160 e. The largest absolute Gasteiger partial charge is 0.496 e. The Morgan fingerprint density at radius 2 is 1.90 bits per heavy atom. The third-order valence-electron chi connectivity index (χ3n) is 6.08. The minimum atomic E-state index is -0.0796. The molecule has 3 aliphatic heterocycles. The number of hydrogen-bond acceptors (Lipinski definition) is 8. The number of morpholine rings is 1. The van der Waals surface area contributed by atoms with E-state index in [1.54, 1.807) is 14.2 Å². The van der Waals surface area contributed by atoms with Crippen molar-refractivity contribution in [2.45, 2.75) is 24.3 Å². The fourth-order valence-electron chi connectivity index (χ4n) is 4.64. The number of fused-ring (bicyclic) bond motifs is 1. The second-order valence-electron chi connectivity index (χ2n) is 8.00. The average Bonchev–Trinajstić information content (AvgIpc) is 3.35. The zero-order chi connectivity index (χ0) is 21.4. The summed E-state index contributed by atoms with van der Waals surface area (Å²) in [7, 11) is 3.47. The number of aromatic nitrogens is 1. The highest BCUT2D eigenvalue weighted by Crippen LogP contribution is 2.51. The van der Waals surface area contributed by atoms with Crippen molar-refractivity contribution in [1.29, 1.82) is 0 Å². The molecule has 2 fully saturated rings. The van der Waals surface area contributed by atoms with Crippen LogP contribution in [0, 0.1) is 0 Å². The van der Waals surface area contributed by atoms with E-state index in [1.807, 2.05) is 30.1 Å². The Hall–Kier alpha value is -2.45. The van der Waals surface area contributed by atoms with Gasteiger partial charge in [0.2, 0.25) is 0 Å². The molecule has 4 heterocycles. The average molecular weight is 441 g/mol. The van der Waals surface area contributed by atoms with Gasteiger partial charge in [-0.25, -0.2) is 0 Å². The van der Waals surface area contributed by atoms with Gasteiger partial charge >= 0.3 is 0 Å². The number of pyridine rings is 1. The summed E-state index contributed by atoms with van der Waals surface area (Å²) in [5.41, 5.74) is 3.10. The van der Waals surface area contributed by atoms with Gasteiger partial charge in [0.15, 0.2) is 5.17 Å². The van der Waals surface area contributed by atoms with Gasteiger partial charge < -0.3 is 24.0 Å². The lowest BCUT2D eigenvalue weighted by atomic mass is 9.94. The van der Waals surface area contributed by atoms with Crippen molar-refractivity contribution in [3.63, 3.8) is 0 Å². The maximum Gasteiger partial charge on any atom is 0.160 e. The third kappa shape index (κ3) is 3.72. The van der Waals surface area contributed by atoms with Crippen LogP contribution in [-0.4, -0.2) is 67.4 Å². The van der Waals surface area contributed by atoms with E-state index in [1.165, 1.54) is 0 Å². The van der Waals surface area contributed by atoms with Crippen molar-refractivity contribution in [3.8, 4) is 11.5 Å². The highest BCUT2D eigenvalue weighted by Gasteiger charge is 2.45. The zero-order valence-corrected chi connectivity index (χ0v) is 19.0. The highest BCUT2D eigenvalue weighted by molar-refractivity contribution is 8.14. The molecule has 0 N–H and O–H groups in total. The first-order valence-corrected chi connectivity index (χ1v) is 11.6. The van der Waals surface area contributed by atoms with Gasteiger partial charge in [-0.3, -0.25) is 9.98 Å². The van der Waals surface area contributed by atoms with Gasteiger partial charge in [0.25, 0.3) is 0 Å². The summed E-state index contributed by atoms with van der Waals surface area (Å²) < 4.78 is 17.3. The SMILES string of the molecule is COc1cc(N2CCOCC2)c(OC)cc1[C@@H]1[C@@H](c2ccccn2)N=C2S[C@@H](C)CN21. The van der Waals surface area contributed by atoms with Gasteiger partial charge in [0.05, 0.1) is 44.9 Å². The van der Waals surface area contributed by atoms with Gasteiger partial charge in [-0.1, -0.05) is 24.8 Å². The summed E-state index contributed by atoms with van der Waals surface area (Å²) in [6, 6.07) is 10.2. The lowest BCUT2D eigenvalue weighted by Crippen LogP contribution is -2.36. The van der Waals surface area contributed by atoms with Crippen LogP contribution in [0.5, 0.6) is 11.5 Å². The predicted octanol–water partition coefficient (Wildman–Crippen LogP) is 3.52. The minimum Gasteiger partial charge on any atom is -0.496 e. The number of methoxy groups -OCH3 is 2. The molecule has 1 aromatic heterocycles. The second-order valence-corrected chi connectivity index (χ2v) is 9.41. The van der Waals surface area contributed by atoms with Crippen molar-refractivity contribution >= 4 is 22.6 Å². The van der Waals surface area contributed by atoms with Crippen molar-refractivity contribution in [3.05, 3.63) is 47.8 Å². The number of benzene rings is 1. The van der Waals surface area contributed by atoms with Crippen LogP contribution in [0.15, 0.2) is 41.5 Å². The molecule has 5 rings (SSSR count). The summed E-state index contributed by atoms with van der Waals surface area (Å²) in [6.45, 7) is 6.32. The lowest BCUT2D eigenvalue weighted by Gasteiger charge is -2.33. The normalized spacial score (nSPS) is 25.4. The van der Waals surface area contributed by atoms with E-state index >= 15 is 0 Å².